The Bertz CT molecular complexity index is 1160. The van der Waals surface area contributed by atoms with Crippen molar-refractivity contribution in [3.8, 4) is 10.6 Å². The van der Waals surface area contributed by atoms with Gasteiger partial charge in [-0.2, -0.15) is 0 Å². The van der Waals surface area contributed by atoms with Crippen molar-refractivity contribution in [2.45, 2.75) is 25.1 Å². The number of aryl methyl sites for hydroxylation is 1. The normalized spacial score (nSPS) is 15.7. The van der Waals surface area contributed by atoms with Gasteiger partial charge in [0.25, 0.3) is 11.1 Å². The molecule has 2 N–H and O–H groups in total. The summed E-state index contributed by atoms with van der Waals surface area (Å²) in [5.74, 6) is -1.11. The minimum Gasteiger partial charge on any atom is -0.347 e. The molecule has 1 aliphatic heterocycles. The van der Waals surface area contributed by atoms with E-state index in [9.17, 15) is 18.8 Å². The van der Waals surface area contributed by atoms with E-state index in [2.05, 4.69) is 15.6 Å². The van der Waals surface area contributed by atoms with Crippen molar-refractivity contribution in [1.82, 2.24) is 15.6 Å². The van der Waals surface area contributed by atoms with Crippen LogP contribution in [0.2, 0.25) is 0 Å². The van der Waals surface area contributed by atoms with Gasteiger partial charge in [0.1, 0.15) is 15.7 Å². The Balaban J connectivity index is 1.44. The van der Waals surface area contributed by atoms with Gasteiger partial charge in [-0.15, -0.1) is 11.3 Å². The van der Waals surface area contributed by atoms with E-state index in [4.69, 9.17) is 0 Å². The Kier molecular flexibility index (Phi) is 6.15. The minimum absolute atomic E-state index is 0.000542. The molecule has 1 aliphatic rings. The third-order valence-electron chi connectivity index (χ3n) is 4.76. The van der Waals surface area contributed by atoms with Crippen LogP contribution in [0.1, 0.15) is 26.5 Å². The highest BCUT2D eigenvalue weighted by Gasteiger charge is 2.31. The lowest BCUT2D eigenvalue weighted by molar-refractivity contribution is -0.118. The third kappa shape index (κ3) is 4.83. The summed E-state index contributed by atoms with van der Waals surface area (Å²) in [5, 5.41) is 4.83. The zero-order chi connectivity index (χ0) is 22.0. The Morgan fingerprint density at radius 2 is 1.97 bits per heavy atom. The average Bonchev–Trinajstić information content (AvgIpc) is 3.30. The van der Waals surface area contributed by atoms with Crippen LogP contribution in [0.3, 0.4) is 0 Å². The second-order valence-corrected chi connectivity index (χ2v) is 9.17. The number of carbonyl (C=O) groups is 3. The lowest BCUT2D eigenvalue weighted by Gasteiger charge is -2.10. The van der Waals surface area contributed by atoms with Crippen LogP contribution in [0.25, 0.3) is 10.6 Å². The van der Waals surface area contributed by atoms with E-state index >= 15 is 0 Å². The van der Waals surface area contributed by atoms with Crippen LogP contribution < -0.4 is 10.6 Å². The predicted molar refractivity (Wildman–Crippen MR) is 118 cm³/mol. The minimum atomic E-state index is -0.531. The number of thioether (sulfide) groups is 1. The number of benzene rings is 2. The molecule has 0 radical (unpaired) electrons. The number of halogens is 1. The first kappa shape index (κ1) is 21.2. The first-order valence-corrected chi connectivity index (χ1v) is 11.2. The summed E-state index contributed by atoms with van der Waals surface area (Å²) >= 11 is 2.22. The van der Waals surface area contributed by atoms with Gasteiger partial charge in [0, 0.05) is 17.7 Å². The van der Waals surface area contributed by atoms with Crippen molar-refractivity contribution < 1.29 is 18.8 Å². The van der Waals surface area contributed by atoms with Crippen LogP contribution in [0.4, 0.5) is 9.18 Å². The summed E-state index contributed by atoms with van der Waals surface area (Å²) in [7, 11) is 0. The molecule has 2 aromatic carbocycles. The second-order valence-electron chi connectivity index (χ2n) is 7.00. The maximum Gasteiger partial charge on any atom is 0.286 e. The Morgan fingerprint density at radius 3 is 2.68 bits per heavy atom. The molecule has 1 saturated heterocycles. The molecular weight excluding hydrogens is 437 g/mol. The summed E-state index contributed by atoms with van der Waals surface area (Å²) < 4.78 is 14.3. The highest BCUT2D eigenvalue weighted by molar-refractivity contribution is 8.15. The third-order valence-corrected chi connectivity index (χ3v) is 6.95. The highest BCUT2D eigenvalue weighted by Crippen LogP contribution is 2.28. The van der Waals surface area contributed by atoms with Gasteiger partial charge in [0.2, 0.25) is 5.91 Å². The van der Waals surface area contributed by atoms with Gasteiger partial charge in [-0.3, -0.25) is 19.7 Å². The van der Waals surface area contributed by atoms with E-state index in [1.165, 1.54) is 17.4 Å². The van der Waals surface area contributed by atoms with Gasteiger partial charge in [-0.05, 0) is 25.0 Å². The van der Waals surface area contributed by atoms with Gasteiger partial charge in [-0.25, -0.2) is 9.37 Å². The molecule has 0 spiro atoms. The van der Waals surface area contributed by atoms with Gasteiger partial charge in [-0.1, -0.05) is 54.2 Å². The molecule has 9 heteroatoms. The standard InChI is InChI=1S/C22H18FN3O3S2/c1-12-18(31-21(25-12)14-5-3-2-4-6-14)20(28)24-11-15-9-13(7-8-16(15)23)10-17-19(27)26-22(29)30-17/h2-9,17H,10-11H2,1H3,(H,24,28)(H,26,27,29). The van der Waals surface area contributed by atoms with Crippen molar-refractivity contribution >= 4 is 40.2 Å². The van der Waals surface area contributed by atoms with E-state index in [0.717, 1.165) is 22.3 Å². The zero-order valence-corrected chi connectivity index (χ0v) is 18.1. The molecule has 158 valence electrons. The molecule has 2 heterocycles. The Hall–Kier alpha value is -3.04. The van der Waals surface area contributed by atoms with Gasteiger partial charge >= 0.3 is 0 Å². The van der Waals surface area contributed by atoms with Gasteiger partial charge in [0.05, 0.1) is 10.9 Å². The van der Waals surface area contributed by atoms with Crippen LogP contribution in [-0.4, -0.2) is 27.3 Å². The second kappa shape index (κ2) is 8.99. The van der Waals surface area contributed by atoms with E-state index < -0.39 is 11.1 Å². The molecule has 1 fully saturated rings. The van der Waals surface area contributed by atoms with E-state index in [-0.39, 0.29) is 23.6 Å². The number of carbonyl (C=O) groups excluding carboxylic acids is 3. The zero-order valence-electron chi connectivity index (χ0n) is 16.5. The topological polar surface area (TPSA) is 88.2 Å². The smallest absolute Gasteiger partial charge is 0.286 e. The molecule has 0 saturated carbocycles. The molecular formula is C22H18FN3O3S2. The van der Waals surface area contributed by atoms with Crippen LogP contribution in [0.15, 0.2) is 48.5 Å². The number of amides is 3. The first-order valence-electron chi connectivity index (χ1n) is 9.50. The maximum absolute atomic E-state index is 14.3. The van der Waals surface area contributed by atoms with Crippen LogP contribution in [0.5, 0.6) is 0 Å². The fourth-order valence-electron chi connectivity index (χ4n) is 3.20. The number of nitrogens with zero attached hydrogens (tertiary/aromatic N) is 1. The summed E-state index contributed by atoms with van der Waals surface area (Å²) in [4.78, 5) is 40.7. The summed E-state index contributed by atoms with van der Waals surface area (Å²) in [5.41, 5.74) is 2.57. The fourth-order valence-corrected chi connectivity index (χ4v) is 5.05. The van der Waals surface area contributed by atoms with E-state index in [0.29, 0.717) is 28.1 Å². The molecule has 1 aromatic heterocycles. The number of thiazole rings is 1. The monoisotopic (exact) mass is 455 g/mol. The number of nitrogens with one attached hydrogen (secondary N) is 2. The quantitative estimate of drug-likeness (QED) is 0.585. The van der Waals surface area contributed by atoms with Crippen molar-refractivity contribution in [2.24, 2.45) is 0 Å². The predicted octanol–water partition coefficient (Wildman–Crippen LogP) is 4.08. The summed E-state index contributed by atoms with van der Waals surface area (Å²) in [6.07, 6.45) is 0.303. The molecule has 0 bridgehead atoms. The van der Waals surface area contributed by atoms with Crippen LogP contribution in [0, 0.1) is 12.7 Å². The number of aromatic nitrogens is 1. The number of imide groups is 1. The lowest BCUT2D eigenvalue weighted by Crippen LogP contribution is -2.25. The van der Waals surface area contributed by atoms with Crippen LogP contribution in [-0.2, 0) is 17.8 Å². The summed E-state index contributed by atoms with van der Waals surface area (Å²) in [6.45, 7) is 1.77. The van der Waals surface area contributed by atoms with Gasteiger partial charge in [0.15, 0.2) is 0 Å². The molecule has 1 atom stereocenters. The van der Waals surface area contributed by atoms with Crippen molar-refractivity contribution in [3.63, 3.8) is 0 Å². The molecule has 0 aliphatic carbocycles. The lowest BCUT2D eigenvalue weighted by atomic mass is 10.1. The Morgan fingerprint density at radius 1 is 1.19 bits per heavy atom. The molecule has 1 unspecified atom stereocenters. The fraction of sp³-hybridized carbons (Fsp3) is 0.182. The Labute approximate surface area is 186 Å². The first-order chi connectivity index (χ1) is 14.9. The largest absolute Gasteiger partial charge is 0.347 e. The molecule has 3 amide bonds. The highest BCUT2D eigenvalue weighted by atomic mass is 32.2. The van der Waals surface area contributed by atoms with Crippen LogP contribution >= 0.6 is 23.1 Å². The number of rotatable bonds is 6. The van der Waals surface area contributed by atoms with Crippen molar-refractivity contribution in [3.05, 3.63) is 76.0 Å². The van der Waals surface area contributed by atoms with E-state index in [1.54, 1.807) is 19.1 Å². The average molecular weight is 456 g/mol. The SMILES string of the molecule is Cc1nc(-c2ccccc2)sc1C(=O)NCc1cc(CC2SC(=O)NC2=O)ccc1F. The molecule has 3 aromatic rings. The van der Waals surface area contributed by atoms with E-state index in [1.807, 2.05) is 30.3 Å². The van der Waals surface area contributed by atoms with Crippen molar-refractivity contribution in [2.75, 3.05) is 0 Å². The molecule has 6 nitrogen and oxygen atoms in total. The van der Waals surface area contributed by atoms with Gasteiger partial charge < -0.3 is 5.32 Å². The summed E-state index contributed by atoms with van der Waals surface area (Å²) in [6, 6.07) is 14.1. The maximum atomic E-state index is 14.3. The molecule has 31 heavy (non-hydrogen) atoms. The van der Waals surface area contributed by atoms with Crippen molar-refractivity contribution in [1.29, 1.82) is 0 Å². The molecule has 4 rings (SSSR count). The number of hydrogen-bond donors (Lipinski definition) is 2. The number of hydrogen-bond acceptors (Lipinski definition) is 6.